The average molecular weight is 1040 g/mol. The molecular formula is C67H76O6SSi. The SMILES string of the molecule is COc1ccc(-c2ccc3cc(OS(=O)(=O)c4ccc(C)cc4)ccc3c2)cc1C12CC3CC(CC(C3)C1)C2.COc1ccc(-c2ccc3cc(O[Si](C)(C)C(C)(C)C)ccc3c2)cc1C12CC3CC(CC(C3)C1)C2. The molecule has 0 unspecified atom stereocenters. The van der Waals surface area contributed by atoms with Gasteiger partial charge in [-0.2, -0.15) is 8.42 Å². The van der Waals surface area contributed by atoms with E-state index in [1.807, 2.05) is 26.2 Å². The molecule has 8 bridgehead atoms. The molecule has 0 aliphatic heterocycles. The highest BCUT2D eigenvalue weighted by Gasteiger charge is 2.54. The van der Waals surface area contributed by atoms with Gasteiger partial charge in [0.1, 0.15) is 27.9 Å². The smallest absolute Gasteiger partial charge is 0.339 e. The van der Waals surface area contributed by atoms with Crippen LogP contribution in [0.2, 0.25) is 18.1 Å². The fourth-order valence-corrected chi connectivity index (χ4v) is 17.7. The summed E-state index contributed by atoms with van der Waals surface area (Å²) in [6.45, 7) is 13.4. The van der Waals surface area contributed by atoms with Crippen LogP contribution in [0.5, 0.6) is 23.0 Å². The molecule has 0 heterocycles. The highest BCUT2D eigenvalue weighted by Crippen LogP contribution is 2.63. The number of ether oxygens (including phenoxy) is 2. The van der Waals surface area contributed by atoms with Crippen LogP contribution in [-0.4, -0.2) is 31.0 Å². The monoisotopic (exact) mass is 1040 g/mol. The first-order chi connectivity index (χ1) is 35.8. The lowest BCUT2D eigenvalue weighted by molar-refractivity contribution is -0.00627. The van der Waals surface area contributed by atoms with Crippen molar-refractivity contribution in [1.82, 2.24) is 0 Å². The second kappa shape index (κ2) is 18.9. The molecule has 8 aliphatic carbocycles. The highest BCUT2D eigenvalue weighted by atomic mass is 32.2. The van der Waals surface area contributed by atoms with Gasteiger partial charge in [0.15, 0.2) is 0 Å². The second-order valence-corrected chi connectivity index (χ2v) is 32.2. The lowest BCUT2D eigenvalue weighted by Gasteiger charge is -2.57. The van der Waals surface area contributed by atoms with Gasteiger partial charge in [-0.05, 0) is 265 Å². The van der Waals surface area contributed by atoms with E-state index in [2.05, 4.69) is 119 Å². The van der Waals surface area contributed by atoms with E-state index in [0.29, 0.717) is 11.2 Å². The summed E-state index contributed by atoms with van der Waals surface area (Å²) < 4.78 is 49.5. The molecule has 7 aromatic rings. The quantitative estimate of drug-likeness (QED) is 0.0950. The van der Waals surface area contributed by atoms with Gasteiger partial charge in [0.25, 0.3) is 0 Å². The van der Waals surface area contributed by atoms with Gasteiger partial charge >= 0.3 is 10.1 Å². The van der Waals surface area contributed by atoms with Crippen molar-refractivity contribution in [2.24, 2.45) is 35.5 Å². The van der Waals surface area contributed by atoms with Gasteiger partial charge in [-0.25, -0.2) is 0 Å². The minimum Gasteiger partial charge on any atom is -0.543 e. The molecule has 7 aromatic carbocycles. The van der Waals surface area contributed by atoms with Crippen molar-refractivity contribution in [2.45, 2.75) is 139 Å². The van der Waals surface area contributed by atoms with Crippen molar-refractivity contribution in [3.63, 3.8) is 0 Å². The van der Waals surface area contributed by atoms with E-state index < -0.39 is 18.4 Å². The van der Waals surface area contributed by atoms with Gasteiger partial charge in [-0.3, -0.25) is 0 Å². The first-order valence-corrected chi connectivity index (χ1v) is 32.3. The molecule has 6 nitrogen and oxygen atoms in total. The van der Waals surface area contributed by atoms with Gasteiger partial charge in [0.05, 0.1) is 14.2 Å². The van der Waals surface area contributed by atoms with Crippen molar-refractivity contribution in [3.05, 3.63) is 150 Å². The summed E-state index contributed by atoms with van der Waals surface area (Å²) in [5, 5.41) is 4.67. The molecule has 0 saturated heterocycles. The Morgan fingerprint density at radius 3 is 1.24 bits per heavy atom. The van der Waals surface area contributed by atoms with Crippen LogP contribution in [0.4, 0.5) is 0 Å². The first-order valence-electron chi connectivity index (χ1n) is 28.0. The second-order valence-electron chi connectivity index (χ2n) is 25.9. The zero-order valence-electron chi connectivity index (χ0n) is 45.5. The molecule has 0 spiro atoms. The summed E-state index contributed by atoms with van der Waals surface area (Å²) in [6, 6.07) is 45.6. The zero-order valence-corrected chi connectivity index (χ0v) is 47.3. The summed E-state index contributed by atoms with van der Waals surface area (Å²) in [5.74, 6) is 8.81. The van der Waals surface area contributed by atoms with Crippen LogP contribution in [0.25, 0.3) is 43.8 Å². The van der Waals surface area contributed by atoms with E-state index in [1.165, 1.54) is 116 Å². The van der Waals surface area contributed by atoms with Crippen molar-refractivity contribution in [2.75, 3.05) is 14.2 Å². The standard InChI is InChI=1S/C34H34O4S.C33H42O2Si/c1-22-3-10-31(11-4-22)39(35,36)38-30-9-7-27-16-26(5-6-28(27)17-30)29-8-12-33(37-2)32(18-29)34-19-23-13-24(20-34)15-25(14-23)21-34;1-32(2,3)36(5,6)35-29-11-9-26-16-25(7-8-27(26)17-29)28-10-12-31(34-4)30(18-28)33-19-22-13-23(20-33)15-24(14-22)21-33/h3-12,16-18,23-25H,13-15,19-21H2,1-2H3;7-12,16-18,22-24H,13-15,19-21H2,1-6H3. The zero-order chi connectivity index (χ0) is 52.1. The fraction of sp³-hybridized carbons (Fsp3) is 0.433. The molecule has 0 aromatic heterocycles. The summed E-state index contributed by atoms with van der Waals surface area (Å²) in [6.07, 6.45) is 16.6. The summed E-state index contributed by atoms with van der Waals surface area (Å²) in [4.78, 5) is 0.151. The third-order valence-electron chi connectivity index (χ3n) is 19.6. The largest absolute Gasteiger partial charge is 0.543 e. The molecule has 8 fully saturated rings. The topological polar surface area (TPSA) is 71.1 Å². The number of hydrogen-bond acceptors (Lipinski definition) is 6. The number of fused-ring (bicyclic) bond motifs is 2. The molecule has 8 saturated carbocycles. The minimum atomic E-state index is -3.89. The maximum atomic E-state index is 12.8. The summed E-state index contributed by atoms with van der Waals surface area (Å²) in [5.41, 5.74) is 9.39. The maximum absolute atomic E-state index is 12.8. The van der Waals surface area contributed by atoms with E-state index in [9.17, 15) is 8.42 Å². The summed E-state index contributed by atoms with van der Waals surface area (Å²) in [7, 11) is -2.10. The van der Waals surface area contributed by atoms with E-state index in [0.717, 1.165) is 74.7 Å². The lowest BCUT2D eigenvalue weighted by atomic mass is 9.48. The van der Waals surface area contributed by atoms with E-state index in [1.54, 1.807) is 43.5 Å². The Morgan fingerprint density at radius 2 is 0.827 bits per heavy atom. The van der Waals surface area contributed by atoms with Crippen molar-refractivity contribution in [3.8, 4) is 45.3 Å². The van der Waals surface area contributed by atoms with Crippen LogP contribution >= 0.6 is 0 Å². The Morgan fingerprint density at radius 1 is 0.467 bits per heavy atom. The predicted molar refractivity (Wildman–Crippen MR) is 308 cm³/mol. The molecule has 0 amide bonds. The molecule has 8 aliphatic rings. The lowest BCUT2D eigenvalue weighted by Crippen LogP contribution is -2.48. The minimum absolute atomic E-state index is 0.151. The number of aryl methyl sites for hydroxylation is 1. The van der Waals surface area contributed by atoms with Crippen LogP contribution in [0, 0.1) is 42.4 Å². The normalized spacial score (nSPS) is 26.5. The van der Waals surface area contributed by atoms with Gasteiger partial charge in [0.2, 0.25) is 8.32 Å². The van der Waals surface area contributed by atoms with Gasteiger partial charge in [-0.1, -0.05) is 87.0 Å². The van der Waals surface area contributed by atoms with E-state index >= 15 is 0 Å². The third-order valence-corrected chi connectivity index (χ3v) is 25.2. The van der Waals surface area contributed by atoms with Gasteiger partial charge in [-0.15, -0.1) is 0 Å². The highest BCUT2D eigenvalue weighted by molar-refractivity contribution is 7.87. The number of benzene rings is 7. The maximum Gasteiger partial charge on any atom is 0.339 e. The van der Waals surface area contributed by atoms with E-state index in [-0.39, 0.29) is 15.3 Å². The molecule has 8 heteroatoms. The average Bonchev–Trinajstić information content (AvgIpc) is 3.38. The Balaban J connectivity index is 0.000000152. The Bertz CT molecular complexity index is 3350. The number of methoxy groups -OCH3 is 2. The number of hydrogen-bond donors (Lipinski definition) is 0. The first kappa shape index (κ1) is 50.3. The third kappa shape index (κ3) is 9.59. The molecule has 0 atom stereocenters. The fourth-order valence-electron chi connectivity index (χ4n) is 15.7. The predicted octanol–water partition coefficient (Wildman–Crippen LogP) is 17.4. The molecular weight excluding hydrogens is 961 g/mol. The van der Waals surface area contributed by atoms with Crippen LogP contribution < -0.4 is 18.1 Å². The van der Waals surface area contributed by atoms with E-state index in [4.69, 9.17) is 18.1 Å². The van der Waals surface area contributed by atoms with Crippen LogP contribution in [0.15, 0.2) is 138 Å². The Kier molecular flexibility index (Phi) is 12.6. The van der Waals surface area contributed by atoms with Crippen LogP contribution in [0.1, 0.15) is 115 Å². The van der Waals surface area contributed by atoms with Crippen molar-refractivity contribution in [1.29, 1.82) is 0 Å². The van der Waals surface area contributed by atoms with Gasteiger partial charge < -0.3 is 18.1 Å². The Hall–Kier alpha value is -5.57. The molecule has 0 radical (unpaired) electrons. The molecule has 75 heavy (non-hydrogen) atoms. The molecule has 390 valence electrons. The molecule has 0 N–H and O–H groups in total. The summed E-state index contributed by atoms with van der Waals surface area (Å²) >= 11 is 0. The Labute approximate surface area is 447 Å². The molecule has 15 rings (SSSR count). The van der Waals surface area contributed by atoms with Crippen molar-refractivity contribution >= 4 is 40.0 Å². The van der Waals surface area contributed by atoms with Crippen LogP contribution in [-0.2, 0) is 20.9 Å². The van der Waals surface area contributed by atoms with Gasteiger partial charge in [0, 0.05) is 11.1 Å². The number of rotatable bonds is 11. The van der Waals surface area contributed by atoms with Crippen LogP contribution in [0.3, 0.4) is 0 Å². The van der Waals surface area contributed by atoms with Crippen molar-refractivity contribution < 1.29 is 26.5 Å².